The van der Waals surface area contributed by atoms with Gasteiger partial charge in [-0.3, -0.25) is 0 Å². The second-order valence-electron chi connectivity index (χ2n) is 3.39. The fourth-order valence-corrected chi connectivity index (χ4v) is 1.35. The van der Waals surface area contributed by atoms with E-state index in [1.807, 2.05) is 6.33 Å². The zero-order valence-electron chi connectivity index (χ0n) is 7.63. The normalized spacial score (nSPS) is 11.0. The van der Waals surface area contributed by atoms with E-state index in [4.69, 9.17) is 11.6 Å². The molecule has 0 aliphatic heterocycles. The Bertz CT molecular complexity index is 230. The van der Waals surface area contributed by atoms with E-state index in [1.165, 1.54) is 0 Å². The Morgan fingerprint density at radius 1 is 1.58 bits per heavy atom. The summed E-state index contributed by atoms with van der Waals surface area (Å²) in [5, 5.41) is 0. The van der Waals surface area contributed by atoms with Crippen LogP contribution >= 0.6 is 11.6 Å². The lowest BCUT2D eigenvalue weighted by Gasteiger charge is -2.03. The van der Waals surface area contributed by atoms with E-state index >= 15 is 0 Å². The molecule has 0 spiro atoms. The number of rotatable bonds is 4. The SMILES string of the molecule is CC(C)Cn1cnc(CCCl)c1. The van der Waals surface area contributed by atoms with E-state index in [2.05, 4.69) is 29.6 Å². The van der Waals surface area contributed by atoms with E-state index in [0.717, 1.165) is 18.7 Å². The summed E-state index contributed by atoms with van der Waals surface area (Å²) in [6, 6.07) is 0. The van der Waals surface area contributed by atoms with Crippen molar-refractivity contribution in [2.75, 3.05) is 5.88 Å². The Hall–Kier alpha value is -0.500. The van der Waals surface area contributed by atoms with Gasteiger partial charge in [0.1, 0.15) is 0 Å². The van der Waals surface area contributed by atoms with E-state index in [-0.39, 0.29) is 0 Å². The minimum atomic E-state index is 0.651. The van der Waals surface area contributed by atoms with Gasteiger partial charge in [0.2, 0.25) is 0 Å². The van der Waals surface area contributed by atoms with Crippen LogP contribution in [0, 0.1) is 5.92 Å². The van der Waals surface area contributed by atoms with Gasteiger partial charge in [0.15, 0.2) is 0 Å². The molecule has 3 heteroatoms. The quantitative estimate of drug-likeness (QED) is 0.660. The molecule has 0 fully saturated rings. The molecule has 0 atom stereocenters. The molecule has 1 aromatic heterocycles. The van der Waals surface area contributed by atoms with Gasteiger partial charge in [-0.05, 0) is 5.92 Å². The predicted octanol–water partition coefficient (Wildman–Crippen LogP) is 2.32. The van der Waals surface area contributed by atoms with Crippen LogP contribution in [0.5, 0.6) is 0 Å². The fourth-order valence-electron chi connectivity index (χ4n) is 1.15. The van der Waals surface area contributed by atoms with Gasteiger partial charge in [0.25, 0.3) is 0 Å². The number of hydrogen-bond acceptors (Lipinski definition) is 1. The average Bonchev–Trinajstić information content (AvgIpc) is 2.36. The Balaban J connectivity index is 2.52. The molecule has 0 N–H and O–H groups in total. The molecule has 2 nitrogen and oxygen atoms in total. The summed E-state index contributed by atoms with van der Waals surface area (Å²) in [5.74, 6) is 1.32. The molecule has 1 heterocycles. The van der Waals surface area contributed by atoms with Gasteiger partial charge >= 0.3 is 0 Å². The van der Waals surface area contributed by atoms with Crippen LogP contribution in [0.2, 0.25) is 0 Å². The van der Waals surface area contributed by atoms with Gasteiger partial charge in [-0.15, -0.1) is 11.6 Å². The molecule has 12 heavy (non-hydrogen) atoms. The molecule has 0 aliphatic carbocycles. The molecule has 1 aromatic rings. The van der Waals surface area contributed by atoms with Gasteiger partial charge in [0.05, 0.1) is 12.0 Å². The van der Waals surface area contributed by atoms with Crippen LogP contribution in [-0.4, -0.2) is 15.4 Å². The summed E-state index contributed by atoms with van der Waals surface area (Å²) in [4.78, 5) is 4.24. The standard InChI is InChI=1S/C9H15ClN2/c1-8(2)5-12-6-9(3-4-10)11-7-12/h6-8H,3-5H2,1-2H3. The molecule has 1 rings (SSSR count). The van der Waals surface area contributed by atoms with Crippen molar-refractivity contribution in [3.8, 4) is 0 Å². The molecule has 0 aromatic carbocycles. The number of nitrogens with zero attached hydrogens (tertiary/aromatic N) is 2. The first-order valence-electron chi connectivity index (χ1n) is 4.29. The van der Waals surface area contributed by atoms with Gasteiger partial charge in [-0.2, -0.15) is 0 Å². The monoisotopic (exact) mass is 186 g/mol. The number of aryl methyl sites for hydroxylation is 1. The smallest absolute Gasteiger partial charge is 0.0949 e. The summed E-state index contributed by atoms with van der Waals surface area (Å²) < 4.78 is 2.12. The second kappa shape index (κ2) is 4.51. The molecule has 0 saturated carbocycles. The van der Waals surface area contributed by atoms with Gasteiger partial charge < -0.3 is 4.57 Å². The topological polar surface area (TPSA) is 17.8 Å². The second-order valence-corrected chi connectivity index (χ2v) is 3.77. The van der Waals surface area contributed by atoms with E-state index in [9.17, 15) is 0 Å². The Kier molecular flexibility index (Phi) is 3.60. The number of aromatic nitrogens is 2. The third-order valence-electron chi connectivity index (χ3n) is 1.61. The predicted molar refractivity (Wildman–Crippen MR) is 51.5 cm³/mol. The highest BCUT2D eigenvalue weighted by Crippen LogP contribution is 2.02. The van der Waals surface area contributed by atoms with E-state index in [0.29, 0.717) is 11.8 Å². The molecule has 0 saturated heterocycles. The molecule has 0 amide bonds. The van der Waals surface area contributed by atoms with E-state index < -0.39 is 0 Å². The minimum Gasteiger partial charge on any atom is -0.337 e. The van der Waals surface area contributed by atoms with Crippen molar-refractivity contribution in [2.45, 2.75) is 26.8 Å². The number of alkyl halides is 1. The molecular weight excluding hydrogens is 172 g/mol. The van der Waals surface area contributed by atoms with Gasteiger partial charge in [-0.25, -0.2) is 4.98 Å². The summed E-state index contributed by atoms with van der Waals surface area (Å²) in [5.41, 5.74) is 1.09. The van der Waals surface area contributed by atoms with Crippen molar-refractivity contribution in [3.05, 3.63) is 18.2 Å². The third kappa shape index (κ3) is 2.86. The maximum Gasteiger partial charge on any atom is 0.0949 e. The van der Waals surface area contributed by atoms with Crippen LogP contribution in [-0.2, 0) is 13.0 Å². The molecule has 0 bridgehead atoms. The highest BCUT2D eigenvalue weighted by molar-refractivity contribution is 6.17. The highest BCUT2D eigenvalue weighted by atomic mass is 35.5. The van der Waals surface area contributed by atoms with Crippen LogP contribution < -0.4 is 0 Å². The van der Waals surface area contributed by atoms with Crippen LogP contribution in [0.15, 0.2) is 12.5 Å². The van der Waals surface area contributed by atoms with Crippen molar-refractivity contribution in [1.82, 2.24) is 9.55 Å². The summed E-state index contributed by atoms with van der Waals surface area (Å²) in [6.45, 7) is 5.43. The first-order chi connectivity index (χ1) is 5.72. The summed E-state index contributed by atoms with van der Waals surface area (Å²) in [7, 11) is 0. The molecule has 68 valence electrons. The minimum absolute atomic E-state index is 0.651. The lowest BCUT2D eigenvalue weighted by atomic mass is 10.2. The lowest BCUT2D eigenvalue weighted by Crippen LogP contribution is -2.01. The Morgan fingerprint density at radius 2 is 2.33 bits per heavy atom. The zero-order valence-corrected chi connectivity index (χ0v) is 8.38. The van der Waals surface area contributed by atoms with Crippen molar-refractivity contribution >= 4 is 11.6 Å². The number of halogens is 1. The van der Waals surface area contributed by atoms with Crippen molar-refractivity contribution < 1.29 is 0 Å². The van der Waals surface area contributed by atoms with Gasteiger partial charge in [0, 0.05) is 25.0 Å². The van der Waals surface area contributed by atoms with Crippen molar-refractivity contribution in [1.29, 1.82) is 0 Å². The van der Waals surface area contributed by atoms with Crippen molar-refractivity contribution in [3.63, 3.8) is 0 Å². The Morgan fingerprint density at radius 3 is 2.92 bits per heavy atom. The average molecular weight is 187 g/mol. The van der Waals surface area contributed by atoms with Crippen molar-refractivity contribution in [2.24, 2.45) is 5.92 Å². The zero-order chi connectivity index (χ0) is 8.97. The molecular formula is C9H15ClN2. The van der Waals surface area contributed by atoms with Crippen LogP contribution in [0.3, 0.4) is 0 Å². The van der Waals surface area contributed by atoms with Crippen LogP contribution in [0.4, 0.5) is 0 Å². The number of hydrogen-bond donors (Lipinski definition) is 0. The largest absolute Gasteiger partial charge is 0.337 e. The van der Waals surface area contributed by atoms with Gasteiger partial charge in [-0.1, -0.05) is 13.8 Å². The molecule has 0 unspecified atom stereocenters. The number of imidazole rings is 1. The Labute approximate surface area is 78.6 Å². The van der Waals surface area contributed by atoms with Crippen LogP contribution in [0.1, 0.15) is 19.5 Å². The third-order valence-corrected chi connectivity index (χ3v) is 1.80. The lowest BCUT2D eigenvalue weighted by molar-refractivity contribution is 0.522. The maximum absolute atomic E-state index is 5.60. The summed E-state index contributed by atoms with van der Waals surface area (Å²) >= 11 is 5.60. The molecule has 0 aliphatic rings. The fraction of sp³-hybridized carbons (Fsp3) is 0.667. The highest BCUT2D eigenvalue weighted by Gasteiger charge is 1.99. The van der Waals surface area contributed by atoms with E-state index in [1.54, 1.807) is 0 Å². The first-order valence-corrected chi connectivity index (χ1v) is 4.82. The first kappa shape index (κ1) is 9.59. The molecule has 0 radical (unpaired) electrons. The van der Waals surface area contributed by atoms with Crippen LogP contribution in [0.25, 0.3) is 0 Å². The summed E-state index contributed by atoms with van der Waals surface area (Å²) in [6.07, 6.45) is 4.82. The maximum atomic E-state index is 5.60.